The summed E-state index contributed by atoms with van der Waals surface area (Å²) in [5.74, 6) is -0.284. The predicted octanol–water partition coefficient (Wildman–Crippen LogP) is 0.706. The van der Waals surface area contributed by atoms with E-state index in [0.717, 1.165) is 6.54 Å². The highest BCUT2D eigenvalue weighted by Gasteiger charge is 2.41. The molecule has 1 aliphatic carbocycles. The smallest absolute Gasteiger partial charge is 0.321 e. The maximum absolute atomic E-state index is 11.6. The Hall–Kier alpha value is -0.750. The summed E-state index contributed by atoms with van der Waals surface area (Å²) in [6, 6.07) is -0.778. The number of carbonyl (C=O) groups is 2. The van der Waals surface area contributed by atoms with Gasteiger partial charge in [-0.1, -0.05) is 0 Å². The predicted molar refractivity (Wildman–Crippen MR) is 70.2 cm³/mol. The van der Waals surface area contributed by atoms with Gasteiger partial charge in [-0.2, -0.15) is 11.8 Å². The molecule has 0 radical (unpaired) electrons. The lowest BCUT2D eigenvalue weighted by Crippen LogP contribution is -2.49. The molecule has 1 saturated carbocycles. The van der Waals surface area contributed by atoms with E-state index < -0.39 is 6.03 Å². The van der Waals surface area contributed by atoms with Crippen molar-refractivity contribution in [1.29, 1.82) is 0 Å². The van der Waals surface area contributed by atoms with Gasteiger partial charge in [-0.25, -0.2) is 4.79 Å². The van der Waals surface area contributed by atoms with E-state index in [2.05, 4.69) is 22.2 Å². The van der Waals surface area contributed by atoms with Crippen molar-refractivity contribution in [3.63, 3.8) is 0 Å². The SMILES string of the molecule is CCNC(=O)NC(=O)C(C)NCC1(SC)CC1. The number of thioether (sulfide) groups is 1. The highest BCUT2D eigenvalue weighted by atomic mass is 32.2. The summed E-state index contributed by atoms with van der Waals surface area (Å²) < 4.78 is 0.320. The van der Waals surface area contributed by atoms with E-state index in [9.17, 15) is 9.59 Å². The zero-order valence-electron chi connectivity index (χ0n) is 10.6. The molecule has 0 aromatic heterocycles. The van der Waals surface area contributed by atoms with E-state index >= 15 is 0 Å². The van der Waals surface area contributed by atoms with Crippen molar-refractivity contribution in [2.45, 2.75) is 37.5 Å². The Balaban J connectivity index is 2.24. The fourth-order valence-corrected chi connectivity index (χ4v) is 2.19. The summed E-state index contributed by atoms with van der Waals surface area (Å²) in [5, 5.41) is 7.99. The van der Waals surface area contributed by atoms with Crippen LogP contribution in [-0.4, -0.2) is 42.1 Å². The molecule has 0 aromatic carbocycles. The number of carbonyl (C=O) groups excluding carboxylic acids is 2. The molecule has 98 valence electrons. The molecule has 1 fully saturated rings. The van der Waals surface area contributed by atoms with Crippen molar-refractivity contribution in [2.24, 2.45) is 0 Å². The molecule has 0 bridgehead atoms. The van der Waals surface area contributed by atoms with Gasteiger partial charge < -0.3 is 10.6 Å². The van der Waals surface area contributed by atoms with Crippen LogP contribution in [0, 0.1) is 0 Å². The highest BCUT2D eigenvalue weighted by molar-refractivity contribution is 8.00. The summed E-state index contributed by atoms with van der Waals surface area (Å²) in [4.78, 5) is 22.8. The molecule has 17 heavy (non-hydrogen) atoms. The topological polar surface area (TPSA) is 70.2 Å². The molecule has 3 N–H and O–H groups in total. The van der Waals surface area contributed by atoms with Crippen molar-refractivity contribution in [2.75, 3.05) is 19.3 Å². The molecule has 6 heteroatoms. The van der Waals surface area contributed by atoms with Crippen molar-refractivity contribution >= 4 is 23.7 Å². The van der Waals surface area contributed by atoms with Crippen LogP contribution < -0.4 is 16.0 Å². The van der Waals surface area contributed by atoms with E-state index in [1.54, 1.807) is 13.8 Å². The molecule has 0 aromatic rings. The lowest BCUT2D eigenvalue weighted by Gasteiger charge is -2.17. The first-order valence-electron chi connectivity index (χ1n) is 5.90. The number of nitrogens with one attached hydrogen (secondary N) is 3. The third kappa shape index (κ3) is 4.55. The molecule has 3 amide bonds. The van der Waals surface area contributed by atoms with Crippen LogP contribution in [-0.2, 0) is 4.79 Å². The molecule has 5 nitrogen and oxygen atoms in total. The monoisotopic (exact) mass is 259 g/mol. The quantitative estimate of drug-likeness (QED) is 0.657. The maximum Gasteiger partial charge on any atom is 0.321 e. The summed E-state index contributed by atoms with van der Waals surface area (Å²) in [5.41, 5.74) is 0. The lowest BCUT2D eigenvalue weighted by molar-refractivity contribution is -0.121. The molecule has 1 atom stereocenters. The first-order valence-corrected chi connectivity index (χ1v) is 7.12. The first-order chi connectivity index (χ1) is 8.03. The summed E-state index contributed by atoms with van der Waals surface area (Å²) >= 11 is 1.84. The van der Waals surface area contributed by atoms with Gasteiger partial charge >= 0.3 is 6.03 Å². The van der Waals surface area contributed by atoms with Gasteiger partial charge in [-0.15, -0.1) is 0 Å². The molecule has 0 aliphatic heterocycles. The second-order valence-electron chi connectivity index (χ2n) is 4.34. The second-order valence-corrected chi connectivity index (χ2v) is 5.61. The van der Waals surface area contributed by atoms with Crippen molar-refractivity contribution in [3.05, 3.63) is 0 Å². The standard InChI is InChI=1S/C11H21N3O2S/c1-4-12-10(16)14-9(15)8(2)13-7-11(17-3)5-6-11/h8,13H,4-7H2,1-3H3,(H2,12,14,15,16). The first kappa shape index (κ1) is 14.3. The maximum atomic E-state index is 11.6. The van der Waals surface area contributed by atoms with Crippen LogP contribution in [0.15, 0.2) is 0 Å². The van der Waals surface area contributed by atoms with Crippen molar-refractivity contribution < 1.29 is 9.59 Å². The largest absolute Gasteiger partial charge is 0.338 e. The van der Waals surface area contributed by atoms with Crippen LogP contribution in [0.4, 0.5) is 4.79 Å². The van der Waals surface area contributed by atoms with E-state index in [-0.39, 0.29) is 11.9 Å². The van der Waals surface area contributed by atoms with Gasteiger partial charge in [-0.3, -0.25) is 10.1 Å². The van der Waals surface area contributed by atoms with Gasteiger partial charge in [-0.05, 0) is 32.9 Å². The van der Waals surface area contributed by atoms with Crippen LogP contribution in [0.25, 0.3) is 0 Å². The average molecular weight is 259 g/mol. The molecule has 1 unspecified atom stereocenters. The number of hydrogen-bond donors (Lipinski definition) is 3. The number of rotatable bonds is 6. The Bertz CT molecular complexity index is 292. The minimum atomic E-state index is -0.433. The van der Waals surface area contributed by atoms with Crippen LogP contribution in [0.1, 0.15) is 26.7 Å². The van der Waals surface area contributed by atoms with Crippen molar-refractivity contribution in [3.8, 4) is 0 Å². The molecule has 0 heterocycles. The van der Waals surface area contributed by atoms with Gasteiger partial charge in [0.25, 0.3) is 0 Å². The molecule has 1 aliphatic rings. The summed E-state index contributed by atoms with van der Waals surface area (Å²) in [7, 11) is 0. The Kier molecular flexibility index (Phi) is 5.27. The van der Waals surface area contributed by atoms with Crippen LogP contribution in [0.2, 0.25) is 0 Å². The number of imide groups is 1. The van der Waals surface area contributed by atoms with E-state index in [1.807, 2.05) is 11.8 Å². The second kappa shape index (κ2) is 6.26. The van der Waals surface area contributed by atoms with Gasteiger partial charge in [0.05, 0.1) is 6.04 Å². The van der Waals surface area contributed by atoms with Gasteiger partial charge in [0.2, 0.25) is 5.91 Å². The average Bonchev–Trinajstić information content (AvgIpc) is 3.06. The molecular weight excluding hydrogens is 238 g/mol. The Morgan fingerprint density at radius 3 is 2.53 bits per heavy atom. The van der Waals surface area contributed by atoms with Gasteiger partial charge in [0.1, 0.15) is 0 Å². The molecule has 1 rings (SSSR count). The number of hydrogen-bond acceptors (Lipinski definition) is 4. The van der Waals surface area contributed by atoms with E-state index in [0.29, 0.717) is 11.3 Å². The van der Waals surface area contributed by atoms with Crippen LogP contribution >= 0.6 is 11.8 Å². The Morgan fingerprint density at radius 2 is 2.06 bits per heavy atom. The summed E-state index contributed by atoms with van der Waals surface area (Å²) in [6.07, 6.45) is 4.49. The Labute approximate surface area is 106 Å². The van der Waals surface area contributed by atoms with Crippen LogP contribution in [0.5, 0.6) is 0 Å². The minimum absolute atomic E-state index is 0.284. The van der Waals surface area contributed by atoms with Gasteiger partial charge in [0, 0.05) is 17.8 Å². The molecule has 0 saturated heterocycles. The fraction of sp³-hybridized carbons (Fsp3) is 0.818. The third-order valence-electron chi connectivity index (χ3n) is 2.94. The minimum Gasteiger partial charge on any atom is -0.338 e. The summed E-state index contributed by atoms with van der Waals surface area (Å²) in [6.45, 7) is 4.90. The lowest BCUT2D eigenvalue weighted by atomic mass is 10.3. The fourth-order valence-electron chi connectivity index (χ4n) is 1.45. The number of urea groups is 1. The third-order valence-corrected chi connectivity index (χ3v) is 4.36. The van der Waals surface area contributed by atoms with E-state index in [4.69, 9.17) is 0 Å². The Morgan fingerprint density at radius 1 is 1.41 bits per heavy atom. The van der Waals surface area contributed by atoms with Crippen LogP contribution in [0.3, 0.4) is 0 Å². The zero-order valence-corrected chi connectivity index (χ0v) is 11.4. The highest BCUT2D eigenvalue weighted by Crippen LogP contribution is 2.46. The number of amides is 3. The molecular formula is C11H21N3O2S. The van der Waals surface area contributed by atoms with Gasteiger partial charge in [0.15, 0.2) is 0 Å². The van der Waals surface area contributed by atoms with Crippen molar-refractivity contribution in [1.82, 2.24) is 16.0 Å². The zero-order chi connectivity index (χ0) is 12.9. The molecule has 0 spiro atoms. The normalized spacial score (nSPS) is 18.3. The van der Waals surface area contributed by atoms with E-state index in [1.165, 1.54) is 12.8 Å².